The molecule has 1 unspecified atom stereocenters. The van der Waals surface area contributed by atoms with Gasteiger partial charge in [-0.25, -0.2) is 4.39 Å². The van der Waals surface area contributed by atoms with E-state index in [1.165, 1.54) is 17.0 Å². The van der Waals surface area contributed by atoms with Crippen molar-refractivity contribution in [3.05, 3.63) is 41.2 Å². The van der Waals surface area contributed by atoms with Crippen molar-refractivity contribution < 1.29 is 14.0 Å². The Morgan fingerprint density at radius 2 is 2.16 bits per heavy atom. The Labute approximate surface area is 148 Å². The van der Waals surface area contributed by atoms with Crippen LogP contribution < -0.4 is 4.90 Å². The number of halogens is 2. The molecule has 1 fully saturated rings. The van der Waals surface area contributed by atoms with Crippen LogP contribution in [0.25, 0.3) is 0 Å². The minimum atomic E-state index is -0.586. The molecule has 1 saturated heterocycles. The average Bonchev–Trinajstić information content (AvgIpc) is 3.22. The monoisotopic (exact) mass is 363 g/mol. The lowest BCUT2D eigenvalue weighted by atomic mass is 10.1. The lowest BCUT2D eigenvalue weighted by Gasteiger charge is -2.29. The quantitative estimate of drug-likeness (QED) is 0.810. The number of hydrogen-bond donors (Lipinski definition) is 0. The van der Waals surface area contributed by atoms with Crippen LogP contribution in [0.1, 0.15) is 12.2 Å². The molecule has 0 aliphatic carbocycles. The third kappa shape index (κ3) is 2.86. The Kier molecular flexibility index (Phi) is 3.91. The van der Waals surface area contributed by atoms with Crippen LogP contribution in [0.15, 0.2) is 24.5 Å². The summed E-state index contributed by atoms with van der Waals surface area (Å²) in [7, 11) is 0. The van der Waals surface area contributed by atoms with Crippen LogP contribution in [0.5, 0.6) is 0 Å². The fourth-order valence-corrected chi connectivity index (χ4v) is 3.41. The highest BCUT2D eigenvalue weighted by Gasteiger charge is 2.38. The Hall–Kier alpha value is -2.48. The molecule has 4 rings (SSSR count). The van der Waals surface area contributed by atoms with Gasteiger partial charge >= 0.3 is 0 Å². The van der Waals surface area contributed by atoms with Crippen molar-refractivity contribution in [2.45, 2.75) is 19.5 Å². The van der Waals surface area contributed by atoms with Crippen molar-refractivity contribution in [2.75, 3.05) is 18.0 Å². The normalized spacial score (nSPS) is 20.1. The molecule has 9 heteroatoms. The lowest BCUT2D eigenvalue weighted by Crippen LogP contribution is -2.42. The van der Waals surface area contributed by atoms with E-state index in [1.807, 2.05) is 4.57 Å². The number of amides is 2. The fraction of sp³-hybridized carbons (Fsp3) is 0.375. The Bertz CT molecular complexity index is 855. The van der Waals surface area contributed by atoms with E-state index < -0.39 is 11.7 Å². The van der Waals surface area contributed by atoms with Gasteiger partial charge in [0, 0.05) is 31.7 Å². The van der Waals surface area contributed by atoms with E-state index in [2.05, 4.69) is 10.2 Å². The number of aromatic nitrogens is 3. The summed E-state index contributed by atoms with van der Waals surface area (Å²) in [5.41, 5.74) is 0.417. The zero-order valence-electron chi connectivity index (χ0n) is 13.2. The molecule has 130 valence electrons. The van der Waals surface area contributed by atoms with Crippen molar-refractivity contribution in [2.24, 2.45) is 5.92 Å². The molecule has 3 heterocycles. The van der Waals surface area contributed by atoms with Crippen molar-refractivity contribution in [1.29, 1.82) is 0 Å². The van der Waals surface area contributed by atoms with Gasteiger partial charge in [-0.2, -0.15) is 0 Å². The predicted octanol–water partition coefficient (Wildman–Crippen LogP) is 1.47. The summed E-state index contributed by atoms with van der Waals surface area (Å²) in [5.74, 6) is -0.571. The minimum Gasteiger partial charge on any atom is -0.333 e. The van der Waals surface area contributed by atoms with Gasteiger partial charge in [-0.3, -0.25) is 9.59 Å². The van der Waals surface area contributed by atoms with E-state index in [4.69, 9.17) is 11.6 Å². The average molecular weight is 364 g/mol. The van der Waals surface area contributed by atoms with E-state index in [-0.39, 0.29) is 29.8 Å². The molecule has 1 atom stereocenters. The fourth-order valence-electron chi connectivity index (χ4n) is 3.29. The summed E-state index contributed by atoms with van der Waals surface area (Å²) >= 11 is 5.68. The number of carbonyl (C=O) groups is 2. The van der Waals surface area contributed by atoms with Gasteiger partial charge in [0.1, 0.15) is 12.1 Å². The first-order valence-electron chi connectivity index (χ1n) is 7.94. The molecule has 0 saturated carbocycles. The van der Waals surface area contributed by atoms with Gasteiger partial charge in [-0.05, 0) is 18.2 Å². The van der Waals surface area contributed by atoms with E-state index in [0.29, 0.717) is 25.3 Å². The Morgan fingerprint density at radius 3 is 2.96 bits per heavy atom. The highest BCUT2D eigenvalue weighted by Crippen LogP contribution is 2.29. The maximum Gasteiger partial charge on any atom is 0.228 e. The van der Waals surface area contributed by atoms with Crippen LogP contribution in [-0.4, -0.2) is 44.6 Å². The zero-order valence-corrected chi connectivity index (χ0v) is 14.0. The first kappa shape index (κ1) is 16.0. The second kappa shape index (κ2) is 6.11. The smallest absolute Gasteiger partial charge is 0.228 e. The van der Waals surface area contributed by atoms with Gasteiger partial charge in [-0.1, -0.05) is 11.6 Å². The zero-order chi connectivity index (χ0) is 17.6. The maximum atomic E-state index is 13.7. The van der Waals surface area contributed by atoms with Crippen LogP contribution in [0.3, 0.4) is 0 Å². The molecule has 0 N–H and O–H groups in total. The number of rotatable bonds is 2. The van der Waals surface area contributed by atoms with E-state index >= 15 is 0 Å². The molecule has 0 spiro atoms. The van der Waals surface area contributed by atoms with Gasteiger partial charge < -0.3 is 14.4 Å². The third-order valence-corrected chi connectivity index (χ3v) is 4.95. The molecule has 25 heavy (non-hydrogen) atoms. The van der Waals surface area contributed by atoms with Gasteiger partial charge in [0.05, 0.1) is 17.5 Å². The number of benzene rings is 1. The van der Waals surface area contributed by atoms with Crippen molar-refractivity contribution in [3.8, 4) is 0 Å². The third-order valence-electron chi connectivity index (χ3n) is 4.64. The lowest BCUT2D eigenvalue weighted by molar-refractivity contribution is -0.137. The first-order chi connectivity index (χ1) is 12.0. The second-order valence-electron chi connectivity index (χ2n) is 6.20. The highest BCUT2D eigenvalue weighted by atomic mass is 35.5. The maximum absolute atomic E-state index is 13.7. The summed E-state index contributed by atoms with van der Waals surface area (Å²) in [4.78, 5) is 28.2. The number of anilines is 1. The van der Waals surface area contributed by atoms with Crippen LogP contribution >= 0.6 is 11.6 Å². The number of hydrogen-bond acceptors (Lipinski definition) is 4. The summed E-state index contributed by atoms with van der Waals surface area (Å²) < 4.78 is 15.6. The van der Waals surface area contributed by atoms with E-state index in [0.717, 1.165) is 5.82 Å². The van der Waals surface area contributed by atoms with Gasteiger partial charge in [0.15, 0.2) is 5.82 Å². The number of nitrogens with zero attached hydrogens (tertiary/aromatic N) is 5. The van der Waals surface area contributed by atoms with Crippen molar-refractivity contribution in [1.82, 2.24) is 19.7 Å². The van der Waals surface area contributed by atoms with Gasteiger partial charge in [0.2, 0.25) is 11.8 Å². The topological polar surface area (TPSA) is 71.3 Å². The SMILES string of the molecule is O=C(C1CC(=O)N(c2ccc(Cl)c(F)c2)C1)N1CCn2cnnc2C1. The summed E-state index contributed by atoms with van der Waals surface area (Å²) in [6.45, 7) is 1.83. The summed E-state index contributed by atoms with van der Waals surface area (Å²) in [6.07, 6.45) is 1.76. The molecule has 7 nitrogen and oxygen atoms in total. The molecule has 2 amide bonds. The van der Waals surface area contributed by atoms with Crippen molar-refractivity contribution >= 4 is 29.1 Å². The van der Waals surface area contributed by atoms with E-state index in [1.54, 1.807) is 17.3 Å². The predicted molar refractivity (Wildman–Crippen MR) is 87.3 cm³/mol. The molecule has 0 bridgehead atoms. The van der Waals surface area contributed by atoms with Gasteiger partial charge in [0.25, 0.3) is 0 Å². The second-order valence-corrected chi connectivity index (χ2v) is 6.61. The molecule has 2 aromatic rings. The minimum absolute atomic E-state index is 0.000417. The molecule has 1 aromatic carbocycles. The van der Waals surface area contributed by atoms with Crippen LogP contribution in [0.4, 0.5) is 10.1 Å². The molecular formula is C16H15ClFN5O2. The number of fused-ring (bicyclic) bond motifs is 1. The Morgan fingerprint density at radius 1 is 1.32 bits per heavy atom. The van der Waals surface area contributed by atoms with Crippen LogP contribution in [0.2, 0.25) is 5.02 Å². The standard InChI is InChI=1S/C16H15ClFN5O2/c17-12-2-1-11(6-13(12)18)23-7-10(5-15(23)24)16(25)21-3-4-22-9-19-20-14(22)8-21/h1-2,6,9-10H,3-5,7-8H2. The largest absolute Gasteiger partial charge is 0.333 e. The molecule has 1 aromatic heterocycles. The van der Waals surface area contributed by atoms with Crippen LogP contribution in [0, 0.1) is 11.7 Å². The molecule has 2 aliphatic rings. The van der Waals surface area contributed by atoms with Crippen LogP contribution in [-0.2, 0) is 22.7 Å². The summed E-state index contributed by atoms with van der Waals surface area (Å²) in [5, 5.41) is 7.84. The van der Waals surface area contributed by atoms with Gasteiger partial charge in [-0.15, -0.1) is 10.2 Å². The first-order valence-corrected chi connectivity index (χ1v) is 8.31. The number of carbonyl (C=O) groups excluding carboxylic acids is 2. The highest BCUT2D eigenvalue weighted by molar-refractivity contribution is 6.30. The van der Waals surface area contributed by atoms with Crippen molar-refractivity contribution in [3.63, 3.8) is 0 Å². The van der Waals surface area contributed by atoms with E-state index in [9.17, 15) is 14.0 Å². The summed E-state index contributed by atoms with van der Waals surface area (Å²) in [6, 6.07) is 4.21. The Balaban J connectivity index is 1.48. The molecule has 2 aliphatic heterocycles. The molecule has 0 radical (unpaired) electrons. The molecular weight excluding hydrogens is 349 g/mol.